The molecule has 1 unspecified atom stereocenters. The van der Waals surface area contributed by atoms with Crippen LogP contribution in [-0.2, 0) is 14.8 Å². The highest BCUT2D eigenvalue weighted by atomic mass is 32.2. The van der Waals surface area contributed by atoms with E-state index in [1.807, 2.05) is 19.1 Å². The van der Waals surface area contributed by atoms with Gasteiger partial charge in [0.15, 0.2) is 0 Å². The molecule has 21 heavy (non-hydrogen) atoms. The molecule has 0 bridgehead atoms. The normalized spacial score (nSPS) is 13.1. The van der Waals surface area contributed by atoms with E-state index in [1.54, 1.807) is 12.1 Å². The Kier molecular flexibility index (Phi) is 6.17. The third-order valence-corrected chi connectivity index (χ3v) is 5.07. The fraction of sp³-hybridized carbons (Fsp3) is 0.500. The lowest BCUT2D eigenvalue weighted by molar-refractivity contribution is -0.121. The summed E-state index contributed by atoms with van der Waals surface area (Å²) in [7, 11) is -0.329. The van der Waals surface area contributed by atoms with Crippen LogP contribution in [0.2, 0.25) is 0 Å². The van der Waals surface area contributed by atoms with Crippen molar-refractivity contribution in [2.75, 3.05) is 32.1 Å². The number of nitrogens with one attached hydrogen (secondary N) is 1. The Balaban J connectivity index is 2.42. The number of sulfonamides is 1. The second kappa shape index (κ2) is 7.42. The number of nitrogens with two attached hydrogens (primary N) is 1. The van der Waals surface area contributed by atoms with Crippen molar-refractivity contribution >= 4 is 21.6 Å². The van der Waals surface area contributed by atoms with E-state index in [0.29, 0.717) is 12.1 Å². The average molecular weight is 313 g/mol. The van der Waals surface area contributed by atoms with E-state index < -0.39 is 10.0 Å². The van der Waals surface area contributed by atoms with Gasteiger partial charge in [-0.2, -0.15) is 0 Å². The maximum atomic E-state index is 11.8. The smallest absolute Gasteiger partial charge is 0.220 e. The molecule has 0 aliphatic heterocycles. The lowest BCUT2D eigenvalue weighted by atomic mass is 9.97. The number of rotatable bonds is 7. The van der Waals surface area contributed by atoms with Crippen LogP contribution in [0.15, 0.2) is 24.3 Å². The van der Waals surface area contributed by atoms with Crippen molar-refractivity contribution in [3.8, 4) is 0 Å². The molecule has 1 aromatic carbocycles. The van der Waals surface area contributed by atoms with Gasteiger partial charge in [0.2, 0.25) is 15.9 Å². The summed E-state index contributed by atoms with van der Waals surface area (Å²) in [6, 6.07) is 7.38. The van der Waals surface area contributed by atoms with Crippen molar-refractivity contribution in [3.05, 3.63) is 29.8 Å². The van der Waals surface area contributed by atoms with Crippen LogP contribution in [0, 0.1) is 0 Å². The topological polar surface area (TPSA) is 92.5 Å². The molecule has 118 valence electrons. The number of nitrogen functional groups attached to an aromatic ring is 1. The van der Waals surface area contributed by atoms with Crippen LogP contribution in [0.5, 0.6) is 0 Å². The van der Waals surface area contributed by atoms with Gasteiger partial charge in [-0.15, -0.1) is 0 Å². The molecule has 0 spiro atoms. The van der Waals surface area contributed by atoms with Gasteiger partial charge in [-0.25, -0.2) is 12.7 Å². The van der Waals surface area contributed by atoms with Crippen molar-refractivity contribution in [3.63, 3.8) is 0 Å². The molecule has 3 N–H and O–H groups in total. The lowest BCUT2D eigenvalue weighted by Gasteiger charge is -2.14. The SMILES string of the molecule is CC(CC(=O)NCCS(=O)(=O)N(C)C)c1ccc(N)cc1. The molecule has 0 heterocycles. The van der Waals surface area contributed by atoms with Gasteiger partial charge in [-0.1, -0.05) is 19.1 Å². The second-order valence-electron chi connectivity index (χ2n) is 5.22. The summed E-state index contributed by atoms with van der Waals surface area (Å²) < 4.78 is 24.2. The van der Waals surface area contributed by atoms with Crippen LogP contribution in [-0.4, -0.2) is 45.0 Å². The lowest BCUT2D eigenvalue weighted by Crippen LogP contribution is -2.34. The van der Waals surface area contributed by atoms with E-state index in [4.69, 9.17) is 5.73 Å². The Morgan fingerprint density at radius 2 is 1.86 bits per heavy atom. The third-order valence-electron chi connectivity index (χ3n) is 3.24. The number of amides is 1. The summed E-state index contributed by atoms with van der Waals surface area (Å²) in [4.78, 5) is 11.8. The number of benzene rings is 1. The van der Waals surface area contributed by atoms with Crippen LogP contribution < -0.4 is 11.1 Å². The minimum atomic E-state index is -3.27. The van der Waals surface area contributed by atoms with E-state index in [9.17, 15) is 13.2 Å². The molecule has 1 rings (SSSR count). The van der Waals surface area contributed by atoms with Crippen LogP contribution in [0.4, 0.5) is 5.69 Å². The molecule has 1 atom stereocenters. The number of hydrogen-bond donors (Lipinski definition) is 2. The molecule has 0 aromatic heterocycles. The minimum absolute atomic E-state index is 0.0519. The van der Waals surface area contributed by atoms with Gasteiger partial charge in [0.25, 0.3) is 0 Å². The molecule has 7 heteroatoms. The predicted molar refractivity (Wildman–Crippen MR) is 84.4 cm³/mol. The minimum Gasteiger partial charge on any atom is -0.399 e. The summed E-state index contributed by atoms with van der Waals surface area (Å²) in [5.41, 5.74) is 7.33. The fourth-order valence-electron chi connectivity index (χ4n) is 1.79. The van der Waals surface area contributed by atoms with Crippen LogP contribution >= 0.6 is 0 Å². The molecular formula is C14H23N3O3S. The highest BCUT2D eigenvalue weighted by molar-refractivity contribution is 7.89. The Hall–Kier alpha value is -1.60. The standard InChI is InChI=1S/C14H23N3O3S/c1-11(12-4-6-13(15)7-5-12)10-14(18)16-8-9-21(19,20)17(2)3/h4-7,11H,8-10,15H2,1-3H3,(H,16,18). The maximum Gasteiger partial charge on any atom is 0.220 e. The Morgan fingerprint density at radius 3 is 2.38 bits per heavy atom. The van der Waals surface area contributed by atoms with Gasteiger partial charge in [0.1, 0.15) is 0 Å². The highest BCUT2D eigenvalue weighted by Crippen LogP contribution is 2.19. The summed E-state index contributed by atoms with van der Waals surface area (Å²) in [5, 5.41) is 2.64. The zero-order valence-electron chi connectivity index (χ0n) is 12.7. The number of anilines is 1. The molecule has 0 saturated heterocycles. The first kappa shape index (κ1) is 17.5. The van der Waals surface area contributed by atoms with Gasteiger partial charge in [-0.05, 0) is 23.6 Å². The zero-order chi connectivity index (χ0) is 16.0. The van der Waals surface area contributed by atoms with Crippen LogP contribution in [0.25, 0.3) is 0 Å². The van der Waals surface area contributed by atoms with Gasteiger partial charge in [0.05, 0.1) is 5.75 Å². The van der Waals surface area contributed by atoms with E-state index in [1.165, 1.54) is 14.1 Å². The van der Waals surface area contributed by atoms with E-state index in [2.05, 4.69) is 5.32 Å². The zero-order valence-corrected chi connectivity index (χ0v) is 13.5. The molecule has 1 aromatic rings. The van der Waals surface area contributed by atoms with E-state index in [-0.39, 0.29) is 24.1 Å². The van der Waals surface area contributed by atoms with Crippen LogP contribution in [0.3, 0.4) is 0 Å². The summed E-state index contributed by atoms with van der Waals surface area (Å²) in [5.74, 6) is -0.202. The molecule has 0 radical (unpaired) electrons. The van der Waals surface area contributed by atoms with Gasteiger partial charge < -0.3 is 11.1 Å². The average Bonchev–Trinajstić information content (AvgIpc) is 2.38. The molecule has 0 fully saturated rings. The highest BCUT2D eigenvalue weighted by Gasteiger charge is 2.15. The fourth-order valence-corrected chi connectivity index (χ4v) is 2.52. The Labute approximate surface area is 126 Å². The van der Waals surface area contributed by atoms with Crippen molar-refractivity contribution < 1.29 is 13.2 Å². The van der Waals surface area contributed by atoms with Gasteiger partial charge >= 0.3 is 0 Å². The van der Waals surface area contributed by atoms with Gasteiger partial charge in [-0.3, -0.25) is 4.79 Å². The van der Waals surface area contributed by atoms with E-state index in [0.717, 1.165) is 9.87 Å². The van der Waals surface area contributed by atoms with Crippen molar-refractivity contribution in [1.82, 2.24) is 9.62 Å². The van der Waals surface area contributed by atoms with E-state index >= 15 is 0 Å². The van der Waals surface area contributed by atoms with Crippen molar-refractivity contribution in [1.29, 1.82) is 0 Å². The quantitative estimate of drug-likeness (QED) is 0.727. The number of nitrogens with zero attached hydrogens (tertiary/aromatic N) is 1. The first-order chi connectivity index (χ1) is 9.72. The van der Waals surface area contributed by atoms with Crippen molar-refractivity contribution in [2.24, 2.45) is 0 Å². The maximum absolute atomic E-state index is 11.8. The summed E-state index contributed by atoms with van der Waals surface area (Å²) >= 11 is 0. The van der Waals surface area contributed by atoms with Gasteiger partial charge in [0, 0.05) is 32.7 Å². The molecule has 6 nitrogen and oxygen atoms in total. The number of hydrogen-bond acceptors (Lipinski definition) is 4. The third kappa shape index (κ3) is 5.73. The first-order valence-corrected chi connectivity index (χ1v) is 8.35. The van der Waals surface area contributed by atoms with Crippen LogP contribution in [0.1, 0.15) is 24.8 Å². The molecule has 0 aliphatic carbocycles. The predicted octanol–water partition coefficient (Wildman–Crippen LogP) is 0.770. The largest absolute Gasteiger partial charge is 0.399 e. The Bertz CT molecular complexity index is 568. The molecule has 0 aliphatic rings. The first-order valence-electron chi connectivity index (χ1n) is 6.74. The molecular weight excluding hydrogens is 290 g/mol. The molecule has 1 amide bonds. The second-order valence-corrected chi connectivity index (χ2v) is 7.52. The number of carbonyl (C=O) groups excluding carboxylic acids is 1. The number of carbonyl (C=O) groups is 1. The Morgan fingerprint density at radius 1 is 1.29 bits per heavy atom. The van der Waals surface area contributed by atoms with Crippen molar-refractivity contribution in [2.45, 2.75) is 19.3 Å². The molecule has 0 saturated carbocycles. The summed E-state index contributed by atoms with van der Waals surface area (Å²) in [6.07, 6.45) is 0.311. The monoisotopic (exact) mass is 313 g/mol. The summed E-state index contributed by atoms with van der Waals surface area (Å²) in [6.45, 7) is 2.06.